The Morgan fingerprint density at radius 2 is 2.15 bits per heavy atom. The molecule has 0 aliphatic carbocycles. The fourth-order valence-electron chi connectivity index (χ4n) is 0.818. The molecule has 13 heavy (non-hydrogen) atoms. The van der Waals surface area contributed by atoms with Crippen LogP contribution in [0.15, 0.2) is 6.07 Å². The number of aromatic nitrogens is 1. The molecule has 1 heterocycles. The lowest BCUT2D eigenvalue weighted by molar-refractivity contribution is 0.267. The minimum absolute atomic E-state index is 0.00736. The van der Waals surface area contributed by atoms with Gasteiger partial charge in [-0.1, -0.05) is 23.2 Å². The summed E-state index contributed by atoms with van der Waals surface area (Å²) >= 11 is 11.0. The Morgan fingerprint density at radius 3 is 2.69 bits per heavy atom. The molecule has 72 valence electrons. The molecule has 0 saturated carbocycles. The highest BCUT2D eigenvalue weighted by molar-refractivity contribution is 6.33. The zero-order valence-electron chi connectivity index (χ0n) is 6.47. The van der Waals surface area contributed by atoms with Gasteiger partial charge >= 0.3 is 0 Å². The fourth-order valence-corrected chi connectivity index (χ4v) is 1.28. The topological polar surface area (TPSA) is 59.1 Å². The van der Waals surface area contributed by atoms with Gasteiger partial charge in [-0.05, 0) is 6.07 Å². The van der Waals surface area contributed by atoms with Crippen molar-refractivity contribution >= 4 is 23.2 Å². The SMILES string of the molecule is N[C@H](CO)c1cc(F)c(Cl)nc1Cl. The van der Waals surface area contributed by atoms with E-state index in [-0.39, 0.29) is 22.5 Å². The largest absolute Gasteiger partial charge is 0.394 e. The summed E-state index contributed by atoms with van der Waals surface area (Å²) in [7, 11) is 0. The third-order valence-corrected chi connectivity index (χ3v) is 2.08. The van der Waals surface area contributed by atoms with E-state index in [4.69, 9.17) is 34.0 Å². The maximum absolute atomic E-state index is 12.9. The highest BCUT2D eigenvalue weighted by atomic mass is 35.5. The van der Waals surface area contributed by atoms with Crippen molar-refractivity contribution in [3.63, 3.8) is 0 Å². The Morgan fingerprint density at radius 1 is 1.54 bits per heavy atom. The summed E-state index contributed by atoms with van der Waals surface area (Å²) in [6, 6.07) is 0.324. The second-order valence-electron chi connectivity index (χ2n) is 2.43. The van der Waals surface area contributed by atoms with Gasteiger partial charge in [0.1, 0.15) is 5.15 Å². The van der Waals surface area contributed by atoms with Crippen LogP contribution in [0, 0.1) is 5.82 Å². The molecule has 0 radical (unpaired) electrons. The average Bonchev–Trinajstić information content (AvgIpc) is 2.10. The van der Waals surface area contributed by atoms with E-state index in [9.17, 15) is 4.39 Å². The second-order valence-corrected chi connectivity index (χ2v) is 3.15. The molecular weight excluding hydrogens is 218 g/mol. The molecular formula is C7H7Cl2FN2O. The van der Waals surface area contributed by atoms with Crippen LogP contribution in [-0.4, -0.2) is 16.7 Å². The van der Waals surface area contributed by atoms with Gasteiger partial charge in [0.05, 0.1) is 12.6 Å². The summed E-state index contributed by atoms with van der Waals surface area (Å²) in [4.78, 5) is 3.51. The third kappa shape index (κ3) is 2.28. The Labute approximate surface area is 84.3 Å². The fraction of sp³-hybridized carbons (Fsp3) is 0.286. The van der Waals surface area contributed by atoms with Crippen molar-refractivity contribution in [1.82, 2.24) is 4.98 Å². The summed E-state index contributed by atoms with van der Waals surface area (Å²) in [5, 5.41) is 8.41. The molecule has 3 nitrogen and oxygen atoms in total. The molecule has 0 aliphatic heterocycles. The predicted octanol–water partition coefficient (Wildman–Crippen LogP) is 1.52. The van der Waals surface area contributed by atoms with Gasteiger partial charge in [-0.2, -0.15) is 0 Å². The lowest BCUT2D eigenvalue weighted by atomic mass is 10.1. The zero-order chi connectivity index (χ0) is 10.0. The third-order valence-electron chi connectivity index (χ3n) is 1.51. The van der Waals surface area contributed by atoms with Crippen molar-refractivity contribution in [2.24, 2.45) is 5.73 Å². The molecule has 0 fully saturated rings. The van der Waals surface area contributed by atoms with Crippen LogP contribution >= 0.6 is 23.2 Å². The van der Waals surface area contributed by atoms with Crippen molar-refractivity contribution in [2.45, 2.75) is 6.04 Å². The number of hydrogen-bond donors (Lipinski definition) is 2. The van der Waals surface area contributed by atoms with Crippen molar-refractivity contribution in [1.29, 1.82) is 0 Å². The maximum atomic E-state index is 12.9. The molecule has 0 bridgehead atoms. The quantitative estimate of drug-likeness (QED) is 0.750. The number of aliphatic hydroxyl groups is 1. The predicted molar refractivity (Wildman–Crippen MR) is 48.2 cm³/mol. The van der Waals surface area contributed by atoms with E-state index in [1.165, 1.54) is 0 Å². The molecule has 0 aliphatic rings. The Kier molecular flexibility index (Phi) is 3.44. The van der Waals surface area contributed by atoms with Crippen molar-refractivity contribution in [3.8, 4) is 0 Å². The van der Waals surface area contributed by atoms with Crippen LogP contribution in [0.1, 0.15) is 11.6 Å². The molecule has 1 rings (SSSR count). The van der Waals surface area contributed by atoms with Crippen LogP contribution in [0.25, 0.3) is 0 Å². The Balaban J connectivity index is 3.15. The lowest BCUT2D eigenvalue weighted by Crippen LogP contribution is -2.15. The highest BCUT2D eigenvalue weighted by Crippen LogP contribution is 2.23. The molecule has 3 N–H and O–H groups in total. The van der Waals surface area contributed by atoms with Gasteiger partial charge in [0.15, 0.2) is 11.0 Å². The molecule has 0 aromatic carbocycles. The number of hydrogen-bond acceptors (Lipinski definition) is 3. The number of pyridine rings is 1. The van der Waals surface area contributed by atoms with Gasteiger partial charge < -0.3 is 10.8 Å². The van der Waals surface area contributed by atoms with E-state index in [0.717, 1.165) is 6.07 Å². The molecule has 1 atom stereocenters. The van der Waals surface area contributed by atoms with E-state index in [1.807, 2.05) is 0 Å². The van der Waals surface area contributed by atoms with Crippen LogP contribution in [0.4, 0.5) is 4.39 Å². The first kappa shape index (κ1) is 10.7. The highest BCUT2D eigenvalue weighted by Gasteiger charge is 2.13. The van der Waals surface area contributed by atoms with Crippen molar-refractivity contribution < 1.29 is 9.50 Å². The monoisotopic (exact) mass is 224 g/mol. The van der Waals surface area contributed by atoms with E-state index < -0.39 is 11.9 Å². The number of halogens is 3. The molecule has 0 amide bonds. The van der Waals surface area contributed by atoms with Crippen molar-refractivity contribution in [2.75, 3.05) is 6.61 Å². The summed E-state index contributed by atoms with van der Waals surface area (Å²) in [5.74, 6) is -0.704. The second kappa shape index (κ2) is 4.19. The lowest BCUT2D eigenvalue weighted by Gasteiger charge is -2.10. The van der Waals surface area contributed by atoms with Gasteiger partial charge in [-0.15, -0.1) is 0 Å². The standard InChI is InChI=1S/C7H7Cl2FN2O/c8-6-3(5(11)2-13)1-4(10)7(9)12-6/h1,5,13H,2,11H2/t5-/m1/s1. The summed E-state index contributed by atoms with van der Waals surface area (Å²) in [6.45, 7) is -0.331. The van der Waals surface area contributed by atoms with E-state index in [2.05, 4.69) is 4.98 Å². The van der Waals surface area contributed by atoms with Gasteiger partial charge in [0.2, 0.25) is 0 Å². The molecule has 6 heteroatoms. The van der Waals surface area contributed by atoms with Crippen LogP contribution < -0.4 is 5.73 Å². The van der Waals surface area contributed by atoms with E-state index >= 15 is 0 Å². The first-order valence-corrected chi connectivity index (χ1v) is 4.19. The van der Waals surface area contributed by atoms with E-state index in [1.54, 1.807) is 0 Å². The van der Waals surface area contributed by atoms with Gasteiger partial charge in [0.25, 0.3) is 0 Å². The van der Waals surface area contributed by atoms with Crippen molar-refractivity contribution in [3.05, 3.63) is 27.8 Å². The van der Waals surface area contributed by atoms with Gasteiger partial charge in [0, 0.05) is 5.56 Å². The smallest absolute Gasteiger partial charge is 0.166 e. The number of nitrogens with zero attached hydrogens (tertiary/aromatic N) is 1. The number of rotatable bonds is 2. The maximum Gasteiger partial charge on any atom is 0.166 e. The summed E-state index contributed by atoms with van der Waals surface area (Å²) in [6.07, 6.45) is 0. The molecule has 0 saturated heterocycles. The zero-order valence-corrected chi connectivity index (χ0v) is 7.98. The minimum atomic E-state index is -0.744. The average molecular weight is 225 g/mol. The van der Waals surface area contributed by atoms with Gasteiger partial charge in [-0.3, -0.25) is 0 Å². The molecule has 1 aromatic heterocycles. The number of aliphatic hydroxyl groups excluding tert-OH is 1. The molecule has 0 spiro atoms. The minimum Gasteiger partial charge on any atom is -0.394 e. The first-order chi connectivity index (χ1) is 6.06. The summed E-state index contributed by atoms with van der Waals surface area (Å²) in [5.41, 5.74) is 5.67. The van der Waals surface area contributed by atoms with Gasteiger partial charge in [-0.25, -0.2) is 9.37 Å². The first-order valence-electron chi connectivity index (χ1n) is 3.44. The Hall–Kier alpha value is -0.420. The normalized spacial score (nSPS) is 13.0. The van der Waals surface area contributed by atoms with Crippen LogP contribution in [0.2, 0.25) is 10.3 Å². The Bertz CT molecular complexity index is 322. The van der Waals surface area contributed by atoms with E-state index in [0.29, 0.717) is 0 Å². The molecule has 0 unspecified atom stereocenters. The summed E-state index contributed by atoms with van der Waals surface area (Å²) < 4.78 is 12.9. The van der Waals surface area contributed by atoms with Crippen LogP contribution in [0.5, 0.6) is 0 Å². The van der Waals surface area contributed by atoms with Crippen LogP contribution in [-0.2, 0) is 0 Å². The number of nitrogens with two attached hydrogens (primary N) is 1. The van der Waals surface area contributed by atoms with Crippen LogP contribution in [0.3, 0.4) is 0 Å². The molecule has 1 aromatic rings.